The Morgan fingerprint density at radius 3 is 2.59 bits per heavy atom. The van der Waals surface area contributed by atoms with Gasteiger partial charge in [0, 0.05) is 10.5 Å². The molecule has 0 aromatic heterocycles. The minimum atomic E-state index is 0.0252. The van der Waals surface area contributed by atoms with E-state index in [1.807, 2.05) is 60.4 Å². The van der Waals surface area contributed by atoms with Gasteiger partial charge < -0.3 is 9.47 Å². The van der Waals surface area contributed by atoms with Gasteiger partial charge in [0.2, 0.25) is 0 Å². The zero-order valence-electron chi connectivity index (χ0n) is 18.3. The van der Waals surface area contributed by atoms with Gasteiger partial charge in [-0.25, -0.2) is 4.99 Å². The maximum Gasteiger partial charge on any atom is 0.267 e. The molecule has 1 heterocycles. The molecule has 2 aromatic carbocycles. The van der Waals surface area contributed by atoms with Gasteiger partial charge in [0.1, 0.15) is 0 Å². The summed E-state index contributed by atoms with van der Waals surface area (Å²) in [5, 5.41) is 0.758. The largest absolute Gasteiger partial charge is 0.493 e. The van der Waals surface area contributed by atoms with Crippen LogP contribution >= 0.6 is 27.7 Å². The molecule has 1 saturated carbocycles. The predicted molar refractivity (Wildman–Crippen MR) is 135 cm³/mol. The van der Waals surface area contributed by atoms with E-state index in [9.17, 15) is 4.79 Å². The monoisotopic (exact) mass is 514 g/mol. The Balaban J connectivity index is 1.72. The average Bonchev–Trinajstić information content (AvgIpc) is 3.11. The number of rotatable bonds is 6. The molecule has 1 aliphatic heterocycles. The highest BCUT2D eigenvalue weighted by Crippen LogP contribution is 2.41. The number of thioether (sulfide) groups is 1. The quantitative estimate of drug-likeness (QED) is 0.398. The van der Waals surface area contributed by atoms with Crippen molar-refractivity contribution >= 4 is 50.5 Å². The van der Waals surface area contributed by atoms with E-state index in [0.717, 1.165) is 46.6 Å². The molecule has 0 N–H and O–H groups in total. The molecule has 0 unspecified atom stereocenters. The minimum absolute atomic E-state index is 0.0252. The van der Waals surface area contributed by atoms with E-state index in [1.54, 1.807) is 7.11 Å². The molecule has 168 valence electrons. The topological polar surface area (TPSA) is 51.1 Å². The maximum absolute atomic E-state index is 13.5. The summed E-state index contributed by atoms with van der Waals surface area (Å²) < 4.78 is 12.0. The van der Waals surface area contributed by atoms with Crippen LogP contribution in [0.3, 0.4) is 0 Å². The summed E-state index contributed by atoms with van der Waals surface area (Å²) in [6.07, 6.45) is 7.50. The highest BCUT2D eigenvalue weighted by atomic mass is 79.9. The summed E-state index contributed by atoms with van der Waals surface area (Å²) in [7, 11) is 1.62. The fraction of sp³-hybridized carbons (Fsp3) is 0.360. The molecule has 32 heavy (non-hydrogen) atoms. The lowest BCUT2D eigenvalue weighted by atomic mass is 9.94. The number of para-hydroxylation sites is 1. The highest BCUT2D eigenvalue weighted by Gasteiger charge is 2.38. The molecule has 1 saturated heterocycles. The zero-order valence-corrected chi connectivity index (χ0v) is 20.7. The van der Waals surface area contributed by atoms with E-state index < -0.39 is 0 Å². The molecule has 1 amide bonds. The molecule has 2 aromatic rings. The SMILES string of the molecule is CCOc1cc(/C=C2/SC(=Nc3ccccc3)N(C3CCCCC3)C2=O)c(Br)cc1OC. The Bertz CT molecular complexity index is 1030. The summed E-state index contributed by atoms with van der Waals surface area (Å²) in [6.45, 7) is 2.47. The van der Waals surface area contributed by atoms with Crippen LogP contribution < -0.4 is 9.47 Å². The highest BCUT2D eigenvalue weighted by molar-refractivity contribution is 9.10. The van der Waals surface area contributed by atoms with Gasteiger partial charge in [0.05, 0.1) is 24.3 Å². The van der Waals surface area contributed by atoms with Crippen molar-refractivity contribution in [2.24, 2.45) is 4.99 Å². The minimum Gasteiger partial charge on any atom is -0.493 e. The number of hydrogen-bond acceptors (Lipinski definition) is 5. The van der Waals surface area contributed by atoms with E-state index in [4.69, 9.17) is 14.5 Å². The number of aliphatic imine (C=N–C) groups is 1. The average molecular weight is 515 g/mol. The smallest absolute Gasteiger partial charge is 0.267 e. The van der Waals surface area contributed by atoms with E-state index in [0.29, 0.717) is 23.0 Å². The number of nitrogens with zero attached hydrogens (tertiary/aromatic N) is 2. The van der Waals surface area contributed by atoms with Gasteiger partial charge in [-0.05, 0) is 67.4 Å². The second-order valence-electron chi connectivity index (χ2n) is 7.77. The van der Waals surface area contributed by atoms with Crippen LogP contribution in [0.2, 0.25) is 0 Å². The van der Waals surface area contributed by atoms with Gasteiger partial charge in [-0.15, -0.1) is 0 Å². The van der Waals surface area contributed by atoms with E-state index in [1.165, 1.54) is 18.2 Å². The van der Waals surface area contributed by atoms with Crippen molar-refractivity contribution in [3.8, 4) is 11.5 Å². The van der Waals surface area contributed by atoms with Gasteiger partial charge in [-0.3, -0.25) is 9.69 Å². The van der Waals surface area contributed by atoms with Crippen molar-refractivity contribution in [1.82, 2.24) is 4.90 Å². The molecular formula is C25H27BrN2O3S. The van der Waals surface area contributed by atoms with Crippen molar-refractivity contribution in [3.05, 3.63) is 57.4 Å². The predicted octanol–water partition coefficient (Wildman–Crippen LogP) is 6.79. The number of amides is 1. The van der Waals surface area contributed by atoms with Crippen LogP contribution in [0, 0.1) is 0 Å². The summed E-state index contributed by atoms with van der Waals surface area (Å²) in [5.41, 5.74) is 1.73. The fourth-order valence-electron chi connectivity index (χ4n) is 4.07. The third-order valence-corrected chi connectivity index (χ3v) is 7.30. The Hall–Kier alpha value is -2.25. The van der Waals surface area contributed by atoms with Gasteiger partial charge >= 0.3 is 0 Å². The van der Waals surface area contributed by atoms with E-state index in [-0.39, 0.29) is 11.9 Å². The Morgan fingerprint density at radius 2 is 1.91 bits per heavy atom. The van der Waals surface area contributed by atoms with Crippen LogP contribution in [0.25, 0.3) is 6.08 Å². The van der Waals surface area contributed by atoms with Crippen LogP contribution in [-0.4, -0.2) is 35.7 Å². The molecular weight excluding hydrogens is 488 g/mol. The van der Waals surface area contributed by atoms with E-state index >= 15 is 0 Å². The number of methoxy groups -OCH3 is 1. The van der Waals surface area contributed by atoms with Crippen LogP contribution in [-0.2, 0) is 4.79 Å². The summed E-state index contributed by atoms with van der Waals surface area (Å²) in [4.78, 5) is 21.0. The first-order chi connectivity index (χ1) is 15.6. The first kappa shape index (κ1) is 22.9. The Labute approximate surface area is 202 Å². The standard InChI is InChI=1S/C25H27BrN2O3S/c1-3-31-22-14-17(20(26)16-21(22)30-2)15-23-24(29)28(19-12-8-5-9-13-19)25(32-23)27-18-10-6-4-7-11-18/h4,6-7,10-11,14-16,19H,3,5,8-9,12-13H2,1-2H3/b23-15+,27-25?. The summed E-state index contributed by atoms with van der Waals surface area (Å²) >= 11 is 5.06. The maximum atomic E-state index is 13.5. The van der Waals surface area contributed by atoms with Crippen LogP contribution in [0.1, 0.15) is 44.6 Å². The molecule has 7 heteroatoms. The number of hydrogen-bond donors (Lipinski definition) is 0. The fourth-order valence-corrected chi connectivity index (χ4v) is 5.56. The Morgan fingerprint density at radius 1 is 1.16 bits per heavy atom. The Kier molecular flexibility index (Phi) is 7.58. The zero-order chi connectivity index (χ0) is 22.5. The van der Waals surface area contributed by atoms with Crippen molar-refractivity contribution in [2.75, 3.05) is 13.7 Å². The van der Waals surface area contributed by atoms with Crippen LogP contribution in [0.5, 0.6) is 11.5 Å². The van der Waals surface area contributed by atoms with Crippen molar-refractivity contribution in [2.45, 2.75) is 45.1 Å². The lowest BCUT2D eigenvalue weighted by Gasteiger charge is -2.30. The van der Waals surface area contributed by atoms with Crippen molar-refractivity contribution in [3.63, 3.8) is 0 Å². The molecule has 0 bridgehead atoms. The molecule has 2 fully saturated rings. The number of carbonyl (C=O) groups is 1. The molecule has 5 nitrogen and oxygen atoms in total. The van der Waals surface area contributed by atoms with Crippen LogP contribution in [0.4, 0.5) is 5.69 Å². The lowest BCUT2D eigenvalue weighted by molar-refractivity contribution is -0.124. The molecule has 0 radical (unpaired) electrons. The van der Waals surface area contributed by atoms with Crippen molar-refractivity contribution in [1.29, 1.82) is 0 Å². The number of amidine groups is 1. The number of carbonyl (C=O) groups excluding carboxylic acids is 1. The third kappa shape index (κ3) is 5.04. The number of halogens is 1. The first-order valence-electron chi connectivity index (χ1n) is 11.0. The van der Waals surface area contributed by atoms with Gasteiger partial charge in [-0.2, -0.15) is 0 Å². The molecule has 0 atom stereocenters. The lowest BCUT2D eigenvalue weighted by Crippen LogP contribution is -2.40. The van der Waals surface area contributed by atoms with Crippen molar-refractivity contribution < 1.29 is 14.3 Å². The van der Waals surface area contributed by atoms with Gasteiger partial charge in [-0.1, -0.05) is 53.4 Å². The number of benzene rings is 2. The summed E-state index contributed by atoms with van der Waals surface area (Å²) in [5.74, 6) is 1.33. The van der Waals surface area contributed by atoms with Gasteiger partial charge in [0.15, 0.2) is 16.7 Å². The molecule has 2 aliphatic rings. The third-order valence-electron chi connectivity index (χ3n) is 5.63. The second-order valence-corrected chi connectivity index (χ2v) is 9.63. The number of ether oxygens (including phenoxy) is 2. The molecule has 0 spiro atoms. The second kappa shape index (κ2) is 10.6. The normalized spacial score (nSPS) is 19.7. The first-order valence-corrected chi connectivity index (χ1v) is 12.6. The van der Waals surface area contributed by atoms with E-state index in [2.05, 4.69) is 15.9 Å². The summed E-state index contributed by atoms with van der Waals surface area (Å²) in [6, 6.07) is 13.8. The molecule has 1 aliphatic carbocycles. The van der Waals surface area contributed by atoms with Crippen LogP contribution in [0.15, 0.2) is 56.8 Å². The molecule has 4 rings (SSSR count). The van der Waals surface area contributed by atoms with Gasteiger partial charge in [0.25, 0.3) is 5.91 Å².